The lowest BCUT2D eigenvalue weighted by Gasteiger charge is -1.98. The van der Waals surface area contributed by atoms with E-state index in [0.29, 0.717) is 34.9 Å². The molecule has 0 saturated heterocycles. The van der Waals surface area contributed by atoms with Crippen LogP contribution < -0.4 is 5.32 Å². The summed E-state index contributed by atoms with van der Waals surface area (Å²) in [5.41, 5.74) is 0.539. The van der Waals surface area contributed by atoms with Gasteiger partial charge in [-0.2, -0.15) is 13.2 Å². The van der Waals surface area contributed by atoms with Gasteiger partial charge in [0.05, 0.1) is 5.69 Å². The van der Waals surface area contributed by atoms with Gasteiger partial charge in [0.15, 0.2) is 5.01 Å². The first-order valence-corrected chi connectivity index (χ1v) is 5.01. The number of alkyl halides is 3. The SMILES string of the molecule is CCc1nc(C(F)(F)F)sc1CNC. The maximum atomic E-state index is 12.3. The van der Waals surface area contributed by atoms with Gasteiger partial charge in [0.1, 0.15) is 0 Å². The van der Waals surface area contributed by atoms with E-state index < -0.39 is 11.2 Å². The van der Waals surface area contributed by atoms with Crippen molar-refractivity contribution < 1.29 is 13.2 Å². The van der Waals surface area contributed by atoms with Crippen molar-refractivity contribution in [3.8, 4) is 0 Å². The van der Waals surface area contributed by atoms with Gasteiger partial charge in [0.25, 0.3) is 0 Å². The van der Waals surface area contributed by atoms with Gasteiger partial charge in [-0.1, -0.05) is 6.92 Å². The second-order valence-corrected chi connectivity index (χ2v) is 3.85. The molecule has 0 fully saturated rings. The Morgan fingerprint density at radius 3 is 2.50 bits per heavy atom. The molecule has 1 heterocycles. The predicted molar refractivity (Wildman–Crippen MR) is 49.3 cm³/mol. The third kappa shape index (κ3) is 2.45. The Labute approximate surface area is 84.2 Å². The molecule has 0 amide bonds. The van der Waals surface area contributed by atoms with E-state index >= 15 is 0 Å². The molecule has 0 aliphatic rings. The molecule has 0 aliphatic heterocycles. The number of halogens is 3. The van der Waals surface area contributed by atoms with Crippen LogP contribution in [0.5, 0.6) is 0 Å². The lowest BCUT2D eigenvalue weighted by molar-refractivity contribution is -0.137. The van der Waals surface area contributed by atoms with Gasteiger partial charge in [-0.3, -0.25) is 0 Å². The van der Waals surface area contributed by atoms with Crippen molar-refractivity contribution in [1.29, 1.82) is 0 Å². The van der Waals surface area contributed by atoms with Crippen molar-refractivity contribution in [2.24, 2.45) is 0 Å². The molecule has 0 atom stereocenters. The summed E-state index contributed by atoms with van der Waals surface area (Å²) in [6, 6.07) is 0. The van der Waals surface area contributed by atoms with E-state index in [0.717, 1.165) is 0 Å². The monoisotopic (exact) mass is 224 g/mol. The zero-order chi connectivity index (χ0) is 10.8. The van der Waals surface area contributed by atoms with Gasteiger partial charge < -0.3 is 5.32 Å². The molecular weight excluding hydrogens is 213 g/mol. The van der Waals surface area contributed by atoms with E-state index in [1.54, 1.807) is 14.0 Å². The van der Waals surface area contributed by atoms with E-state index in [9.17, 15) is 13.2 Å². The minimum atomic E-state index is -4.32. The second kappa shape index (κ2) is 4.27. The summed E-state index contributed by atoms with van der Waals surface area (Å²) >= 11 is 0.717. The molecule has 80 valence electrons. The maximum Gasteiger partial charge on any atom is 0.443 e. The zero-order valence-corrected chi connectivity index (χ0v) is 8.72. The number of hydrogen-bond acceptors (Lipinski definition) is 3. The lowest BCUT2D eigenvalue weighted by atomic mass is 10.3. The lowest BCUT2D eigenvalue weighted by Crippen LogP contribution is -2.05. The highest BCUT2D eigenvalue weighted by Gasteiger charge is 2.35. The first-order chi connectivity index (χ1) is 6.49. The zero-order valence-electron chi connectivity index (χ0n) is 7.90. The molecule has 14 heavy (non-hydrogen) atoms. The summed E-state index contributed by atoms with van der Waals surface area (Å²) in [7, 11) is 1.70. The third-order valence-corrected chi connectivity index (χ3v) is 2.84. The third-order valence-electron chi connectivity index (χ3n) is 1.69. The van der Waals surface area contributed by atoms with Crippen molar-refractivity contribution in [3.05, 3.63) is 15.6 Å². The first-order valence-electron chi connectivity index (χ1n) is 4.19. The van der Waals surface area contributed by atoms with E-state index in [1.807, 2.05) is 0 Å². The Morgan fingerprint density at radius 1 is 1.43 bits per heavy atom. The van der Waals surface area contributed by atoms with Crippen molar-refractivity contribution in [2.45, 2.75) is 26.1 Å². The van der Waals surface area contributed by atoms with Crippen LogP contribution in [0.4, 0.5) is 13.2 Å². The fourth-order valence-corrected chi connectivity index (χ4v) is 2.11. The summed E-state index contributed by atoms with van der Waals surface area (Å²) in [6.07, 6.45) is -3.79. The average molecular weight is 224 g/mol. The highest BCUT2D eigenvalue weighted by atomic mass is 32.1. The molecule has 0 spiro atoms. The van der Waals surface area contributed by atoms with E-state index in [4.69, 9.17) is 0 Å². The number of thiazole rings is 1. The summed E-state index contributed by atoms with van der Waals surface area (Å²) in [5.74, 6) is 0. The molecule has 0 saturated carbocycles. The molecule has 2 nitrogen and oxygen atoms in total. The van der Waals surface area contributed by atoms with Gasteiger partial charge in [0.2, 0.25) is 0 Å². The van der Waals surface area contributed by atoms with Crippen LogP contribution in [0.2, 0.25) is 0 Å². The Balaban J connectivity index is 3.00. The van der Waals surface area contributed by atoms with Gasteiger partial charge in [0, 0.05) is 11.4 Å². The van der Waals surface area contributed by atoms with Crippen LogP contribution in [-0.2, 0) is 19.1 Å². The van der Waals surface area contributed by atoms with Crippen LogP contribution >= 0.6 is 11.3 Å². The molecule has 1 aromatic rings. The minimum Gasteiger partial charge on any atom is -0.315 e. The quantitative estimate of drug-likeness (QED) is 0.853. The largest absolute Gasteiger partial charge is 0.443 e. The first kappa shape index (κ1) is 11.5. The molecule has 0 unspecified atom stereocenters. The fourth-order valence-electron chi connectivity index (χ4n) is 1.08. The Bertz CT molecular complexity index is 306. The van der Waals surface area contributed by atoms with Crippen LogP contribution in [0, 0.1) is 0 Å². The van der Waals surface area contributed by atoms with Crippen molar-refractivity contribution in [1.82, 2.24) is 10.3 Å². The fraction of sp³-hybridized carbons (Fsp3) is 0.625. The van der Waals surface area contributed by atoms with Crippen molar-refractivity contribution >= 4 is 11.3 Å². The Hall–Kier alpha value is -0.620. The number of aromatic nitrogens is 1. The molecule has 1 N–H and O–H groups in total. The highest BCUT2D eigenvalue weighted by molar-refractivity contribution is 7.11. The maximum absolute atomic E-state index is 12.3. The number of hydrogen-bond donors (Lipinski definition) is 1. The molecule has 0 radical (unpaired) electrons. The van der Waals surface area contributed by atoms with E-state index in [-0.39, 0.29) is 0 Å². The predicted octanol–water partition coefficient (Wildman–Crippen LogP) is 2.44. The number of nitrogens with one attached hydrogen (secondary N) is 1. The van der Waals surface area contributed by atoms with E-state index in [2.05, 4.69) is 10.3 Å². The molecular formula is C8H11F3N2S. The van der Waals surface area contributed by atoms with Crippen LogP contribution in [-0.4, -0.2) is 12.0 Å². The van der Waals surface area contributed by atoms with Crippen LogP contribution in [0.25, 0.3) is 0 Å². The number of nitrogens with zero attached hydrogens (tertiary/aromatic N) is 1. The average Bonchev–Trinajstić information content (AvgIpc) is 2.47. The molecule has 0 aliphatic carbocycles. The summed E-state index contributed by atoms with van der Waals surface area (Å²) in [5, 5.41) is 2.08. The van der Waals surface area contributed by atoms with Crippen LogP contribution in [0.1, 0.15) is 22.5 Å². The van der Waals surface area contributed by atoms with Gasteiger partial charge in [-0.25, -0.2) is 4.98 Å². The van der Waals surface area contributed by atoms with Crippen molar-refractivity contribution in [2.75, 3.05) is 7.05 Å². The molecule has 1 rings (SSSR count). The minimum absolute atomic E-state index is 0.441. The standard InChI is InChI=1S/C8H11F3N2S/c1-3-5-6(4-12-2)14-7(13-5)8(9,10)11/h12H,3-4H2,1-2H3. The smallest absolute Gasteiger partial charge is 0.315 e. The van der Waals surface area contributed by atoms with Gasteiger partial charge in [-0.05, 0) is 13.5 Å². The van der Waals surface area contributed by atoms with E-state index in [1.165, 1.54) is 0 Å². The summed E-state index contributed by atoms with van der Waals surface area (Å²) < 4.78 is 36.9. The highest BCUT2D eigenvalue weighted by Crippen LogP contribution is 2.34. The number of rotatable bonds is 3. The Morgan fingerprint density at radius 2 is 2.07 bits per heavy atom. The van der Waals surface area contributed by atoms with Gasteiger partial charge >= 0.3 is 6.18 Å². The topological polar surface area (TPSA) is 24.9 Å². The molecule has 0 bridgehead atoms. The number of aryl methyl sites for hydroxylation is 1. The molecule has 0 aromatic carbocycles. The normalized spacial score (nSPS) is 12.1. The summed E-state index contributed by atoms with van der Waals surface area (Å²) in [6.45, 7) is 2.24. The summed E-state index contributed by atoms with van der Waals surface area (Å²) in [4.78, 5) is 4.24. The van der Waals surface area contributed by atoms with Gasteiger partial charge in [-0.15, -0.1) is 11.3 Å². The Kier molecular flexibility index (Phi) is 3.49. The molecule has 6 heteroatoms. The van der Waals surface area contributed by atoms with Crippen LogP contribution in [0.3, 0.4) is 0 Å². The van der Waals surface area contributed by atoms with Crippen molar-refractivity contribution in [3.63, 3.8) is 0 Å². The second-order valence-electron chi connectivity index (χ2n) is 2.77. The van der Waals surface area contributed by atoms with Crippen LogP contribution in [0.15, 0.2) is 0 Å². The molecule has 1 aromatic heterocycles.